The summed E-state index contributed by atoms with van der Waals surface area (Å²) >= 11 is 0. The molecule has 3 aromatic carbocycles. The number of methoxy groups -OCH3 is 1. The summed E-state index contributed by atoms with van der Waals surface area (Å²) in [7, 11) is 1.75. The smallest absolute Gasteiger partial charge is 0.410 e. The second-order valence-electron chi connectivity index (χ2n) is 12.1. The molecule has 6 heteroatoms. The van der Waals surface area contributed by atoms with E-state index in [1.807, 2.05) is 20.8 Å². The predicted molar refractivity (Wildman–Crippen MR) is 171 cm³/mol. The number of rotatable bonds is 8. The van der Waals surface area contributed by atoms with Gasteiger partial charge in [0.15, 0.2) is 0 Å². The van der Waals surface area contributed by atoms with Gasteiger partial charge >= 0.3 is 6.09 Å². The van der Waals surface area contributed by atoms with E-state index in [4.69, 9.17) is 14.2 Å². The molecule has 0 aromatic heterocycles. The molecule has 0 N–H and O–H groups in total. The van der Waals surface area contributed by atoms with E-state index in [2.05, 4.69) is 78.6 Å². The highest BCUT2D eigenvalue weighted by Crippen LogP contribution is 2.45. The third kappa shape index (κ3) is 6.75. The van der Waals surface area contributed by atoms with Crippen molar-refractivity contribution in [2.45, 2.75) is 59.0 Å². The molecule has 3 aromatic rings. The van der Waals surface area contributed by atoms with Gasteiger partial charge in [0.25, 0.3) is 0 Å². The van der Waals surface area contributed by atoms with Crippen molar-refractivity contribution in [3.05, 3.63) is 89.0 Å². The van der Waals surface area contributed by atoms with Gasteiger partial charge in [0.05, 0.1) is 13.7 Å². The van der Waals surface area contributed by atoms with E-state index in [0.717, 1.165) is 68.1 Å². The van der Waals surface area contributed by atoms with Crippen LogP contribution in [0.15, 0.2) is 66.7 Å². The molecule has 0 bridgehead atoms. The summed E-state index contributed by atoms with van der Waals surface area (Å²) in [6.45, 7) is 11.4. The maximum absolute atomic E-state index is 12.6. The van der Waals surface area contributed by atoms with Crippen LogP contribution in [0.2, 0.25) is 0 Å². The lowest BCUT2D eigenvalue weighted by atomic mass is 9.79. The van der Waals surface area contributed by atoms with Gasteiger partial charge in [0, 0.05) is 43.5 Å². The minimum Gasteiger partial charge on any atom is -0.496 e. The number of carbonyl (C=O) groups is 1. The number of allylic oxidation sites excluding steroid dienone is 1. The monoisotopic (exact) mass is 568 g/mol. The summed E-state index contributed by atoms with van der Waals surface area (Å²) in [5.41, 5.74) is 8.03. The van der Waals surface area contributed by atoms with Gasteiger partial charge in [-0.15, -0.1) is 0 Å². The molecule has 0 spiro atoms. The van der Waals surface area contributed by atoms with Gasteiger partial charge in [0.2, 0.25) is 0 Å². The second-order valence-corrected chi connectivity index (χ2v) is 12.1. The lowest BCUT2D eigenvalue weighted by Gasteiger charge is -2.37. The highest BCUT2D eigenvalue weighted by atomic mass is 16.6. The zero-order valence-corrected chi connectivity index (χ0v) is 25.7. The summed E-state index contributed by atoms with van der Waals surface area (Å²) in [5.74, 6) is 1.79. The molecular formula is C36H44N2O4. The average molecular weight is 569 g/mol. The van der Waals surface area contributed by atoms with E-state index >= 15 is 0 Å². The number of benzene rings is 3. The van der Waals surface area contributed by atoms with Gasteiger partial charge in [-0.1, -0.05) is 49.7 Å². The van der Waals surface area contributed by atoms with Crippen LogP contribution in [0.5, 0.6) is 11.5 Å². The number of anilines is 1. The van der Waals surface area contributed by atoms with Crippen molar-refractivity contribution < 1.29 is 19.0 Å². The number of nitrogens with zero attached hydrogens (tertiary/aromatic N) is 2. The number of hydrogen-bond acceptors (Lipinski definition) is 5. The van der Waals surface area contributed by atoms with E-state index < -0.39 is 5.60 Å². The molecule has 1 saturated heterocycles. The lowest BCUT2D eigenvalue weighted by molar-refractivity contribution is 0.0240. The van der Waals surface area contributed by atoms with Gasteiger partial charge in [0.1, 0.15) is 17.1 Å². The largest absolute Gasteiger partial charge is 0.496 e. The van der Waals surface area contributed by atoms with Crippen molar-refractivity contribution in [2.75, 3.05) is 44.8 Å². The Bertz CT molecular complexity index is 1420. The van der Waals surface area contributed by atoms with Gasteiger partial charge < -0.3 is 24.0 Å². The Labute approximate surface area is 250 Å². The van der Waals surface area contributed by atoms with Crippen molar-refractivity contribution in [2.24, 2.45) is 0 Å². The van der Waals surface area contributed by atoms with Crippen LogP contribution in [0, 0.1) is 0 Å². The molecule has 0 saturated carbocycles. The van der Waals surface area contributed by atoms with E-state index in [-0.39, 0.29) is 6.09 Å². The Balaban J connectivity index is 1.46. The number of fused-ring (bicyclic) bond motifs is 1. The summed E-state index contributed by atoms with van der Waals surface area (Å²) in [6, 6.07) is 23.8. The maximum Gasteiger partial charge on any atom is 0.410 e. The first-order valence-electron chi connectivity index (χ1n) is 15.2. The number of aryl methyl sites for hydroxylation is 1. The lowest BCUT2D eigenvalue weighted by Crippen LogP contribution is -2.50. The van der Waals surface area contributed by atoms with Gasteiger partial charge in [-0.3, -0.25) is 0 Å². The minimum absolute atomic E-state index is 0.245. The molecule has 1 fully saturated rings. The zero-order valence-electron chi connectivity index (χ0n) is 25.7. The molecule has 42 heavy (non-hydrogen) atoms. The molecule has 1 aliphatic heterocycles. The summed E-state index contributed by atoms with van der Waals surface area (Å²) < 4.78 is 17.7. The van der Waals surface area contributed by atoms with Crippen molar-refractivity contribution in [1.82, 2.24) is 4.90 Å². The Morgan fingerprint density at radius 3 is 2.31 bits per heavy atom. The van der Waals surface area contributed by atoms with E-state index in [0.29, 0.717) is 13.1 Å². The number of hydrogen-bond donors (Lipinski definition) is 0. The highest BCUT2D eigenvalue weighted by molar-refractivity contribution is 6.02. The van der Waals surface area contributed by atoms with Crippen molar-refractivity contribution in [1.29, 1.82) is 0 Å². The minimum atomic E-state index is -0.494. The van der Waals surface area contributed by atoms with Crippen molar-refractivity contribution in [3.63, 3.8) is 0 Å². The van der Waals surface area contributed by atoms with Gasteiger partial charge in [-0.25, -0.2) is 4.79 Å². The highest BCUT2D eigenvalue weighted by Gasteiger charge is 2.28. The Kier molecular flexibility index (Phi) is 9.10. The fraction of sp³-hybridized carbons (Fsp3) is 0.417. The summed E-state index contributed by atoms with van der Waals surface area (Å²) in [5, 5.41) is 0. The van der Waals surface area contributed by atoms with Crippen LogP contribution in [0.3, 0.4) is 0 Å². The van der Waals surface area contributed by atoms with Crippen LogP contribution in [0.1, 0.15) is 69.2 Å². The molecule has 1 aliphatic carbocycles. The molecule has 0 unspecified atom stereocenters. The van der Waals surface area contributed by atoms with E-state index in [9.17, 15) is 4.79 Å². The van der Waals surface area contributed by atoms with E-state index in [1.165, 1.54) is 27.8 Å². The molecule has 1 heterocycles. The van der Waals surface area contributed by atoms with Gasteiger partial charge in [-0.2, -0.15) is 0 Å². The van der Waals surface area contributed by atoms with Crippen LogP contribution in [0.25, 0.3) is 11.1 Å². The number of carbonyl (C=O) groups excluding carboxylic acids is 1. The number of ether oxygens (including phenoxy) is 3. The third-order valence-electron chi connectivity index (χ3n) is 7.93. The fourth-order valence-electron chi connectivity index (χ4n) is 5.78. The molecule has 6 nitrogen and oxygen atoms in total. The molecule has 1 amide bonds. The van der Waals surface area contributed by atoms with E-state index in [1.54, 1.807) is 12.0 Å². The number of amides is 1. The van der Waals surface area contributed by atoms with Crippen molar-refractivity contribution >= 4 is 22.9 Å². The van der Waals surface area contributed by atoms with Crippen LogP contribution in [-0.4, -0.2) is 56.5 Å². The van der Waals surface area contributed by atoms with Crippen LogP contribution in [0.4, 0.5) is 10.5 Å². The summed E-state index contributed by atoms with van der Waals surface area (Å²) in [4.78, 5) is 16.7. The molecule has 5 rings (SSSR count). The van der Waals surface area contributed by atoms with Gasteiger partial charge in [-0.05, 0) is 92.1 Å². The topological polar surface area (TPSA) is 51.2 Å². The maximum atomic E-state index is 12.6. The molecule has 0 radical (unpaired) electrons. The molecule has 0 atom stereocenters. The molecule has 222 valence electrons. The normalized spacial score (nSPS) is 15.4. The number of unbranched alkanes of at least 4 members (excludes halogenated alkanes) is 1. The third-order valence-corrected chi connectivity index (χ3v) is 7.93. The Hall–Kier alpha value is -3.93. The second kappa shape index (κ2) is 12.9. The first kappa shape index (κ1) is 29.6. The zero-order chi connectivity index (χ0) is 29.7. The summed E-state index contributed by atoms with van der Waals surface area (Å²) in [6.07, 6.45) is 3.84. The molecular weight excluding hydrogens is 524 g/mol. The first-order valence-corrected chi connectivity index (χ1v) is 15.2. The Morgan fingerprint density at radius 1 is 0.881 bits per heavy atom. The van der Waals surface area contributed by atoms with Crippen LogP contribution in [-0.2, 0) is 11.2 Å². The standard InChI is InChI=1S/C36H44N2O4/c1-6-7-23-41-29-15-18-31-27(24-29)13-16-30(26-11-9-8-10-12-26)34(31)32-17-14-28(25-33(32)40-5)37-19-21-38(22-20-37)35(39)42-36(2,3)4/h8-12,14-15,17-18,24-25H,6-7,13,16,19-23H2,1-5H3. The molecule has 2 aliphatic rings. The number of piperazine rings is 1. The van der Waals surface area contributed by atoms with Crippen LogP contribution >= 0.6 is 0 Å². The first-order chi connectivity index (χ1) is 20.3. The van der Waals surface area contributed by atoms with Crippen molar-refractivity contribution in [3.8, 4) is 11.5 Å². The fourth-order valence-corrected chi connectivity index (χ4v) is 5.78. The van der Waals surface area contributed by atoms with Crippen LogP contribution < -0.4 is 14.4 Å². The Morgan fingerprint density at radius 2 is 1.62 bits per heavy atom. The average Bonchev–Trinajstić information content (AvgIpc) is 3.00. The quantitative estimate of drug-likeness (QED) is 0.259. The predicted octanol–water partition coefficient (Wildman–Crippen LogP) is 7.84. The SMILES string of the molecule is CCCCOc1ccc2c(c1)CCC(c1ccccc1)=C2c1ccc(N2CCN(C(=O)OC(C)(C)C)CC2)cc1OC.